The van der Waals surface area contributed by atoms with Crippen LogP contribution in [0.4, 0.5) is 10.1 Å². The summed E-state index contributed by atoms with van der Waals surface area (Å²) < 4.78 is 39.3. The molecule has 0 unspecified atom stereocenters. The summed E-state index contributed by atoms with van der Waals surface area (Å²) in [5.41, 5.74) is 1.67. The molecule has 0 fully saturated rings. The van der Waals surface area contributed by atoms with Crippen molar-refractivity contribution < 1.29 is 28.4 Å². The quantitative estimate of drug-likeness (QED) is 0.308. The Morgan fingerprint density at radius 1 is 0.812 bits per heavy atom. The number of phenolic OH excluding ortho intramolecular Hbond substituents is 1. The van der Waals surface area contributed by atoms with Crippen molar-refractivity contribution in [3.05, 3.63) is 65.5 Å². The van der Waals surface area contributed by atoms with Crippen LogP contribution in [-0.4, -0.2) is 33.5 Å². The lowest BCUT2D eigenvalue weighted by molar-refractivity contribution is 0.324. The summed E-state index contributed by atoms with van der Waals surface area (Å²) in [6.45, 7) is 0. The Labute approximate surface area is 190 Å². The summed E-state index contributed by atoms with van der Waals surface area (Å²) >= 11 is 1.22. The fraction of sp³-hybridized carbons (Fsp3) is 0.167. The van der Waals surface area contributed by atoms with Gasteiger partial charge in [-0.2, -0.15) is 0 Å². The third kappa shape index (κ3) is 5.20. The normalized spacial score (nSPS) is 10.8. The number of anilines is 1. The van der Waals surface area contributed by atoms with Gasteiger partial charge in [0.2, 0.25) is 5.75 Å². The summed E-state index contributed by atoms with van der Waals surface area (Å²) in [6, 6.07) is 13.5. The van der Waals surface area contributed by atoms with Crippen LogP contribution in [-0.2, 0) is 0 Å². The average molecular weight is 458 g/mol. The molecule has 0 heterocycles. The highest BCUT2D eigenvalue weighted by Crippen LogP contribution is 2.39. The van der Waals surface area contributed by atoms with E-state index in [1.165, 1.54) is 19.1 Å². The van der Waals surface area contributed by atoms with Crippen molar-refractivity contribution >= 4 is 29.8 Å². The number of methoxy groups -OCH3 is 4. The number of aromatic hydroxyl groups is 1. The molecule has 2 N–H and O–H groups in total. The molecule has 0 aliphatic rings. The lowest BCUT2D eigenvalue weighted by atomic mass is 10.1. The summed E-state index contributed by atoms with van der Waals surface area (Å²) in [6.07, 6.45) is 3.60. The van der Waals surface area contributed by atoms with Crippen LogP contribution in [0.5, 0.6) is 28.7 Å². The van der Waals surface area contributed by atoms with Gasteiger partial charge in [0, 0.05) is 10.5 Å². The minimum atomic E-state index is -0.508. The van der Waals surface area contributed by atoms with Crippen molar-refractivity contribution in [2.75, 3.05) is 33.2 Å². The van der Waals surface area contributed by atoms with Crippen LogP contribution >= 0.6 is 11.9 Å². The van der Waals surface area contributed by atoms with Crippen molar-refractivity contribution in [2.24, 2.45) is 0 Å². The first-order valence-electron chi connectivity index (χ1n) is 9.57. The van der Waals surface area contributed by atoms with Gasteiger partial charge >= 0.3 is 0 Å². The van der Waals surface area contributed by atoms with Crippen LogP contribution in [0, 0.1) is 5.82 Å². The van der Waals surface area contributed by atoms with Crippen molar-refractivity contribution in [2.45, 2.75) is 4.90 Å². The van der Waals surface area contributed by atoms with Gasteiger partial charge in [-0.1, -0.05) is 12.2 Å². The molecule has 8 heteroatoms. The SMILES string of the molecule is COc1ccc(/C=C\c2cc(OC)c(OC)c(OC)c2)c(NSc2ccc(O)cc2)c1F. The molecule has 3 aromatic rings. The Balaban J connectivity index is 1.94. The topological polar surface area (TPSA) is 69.2 Å². The molecule has 0 bridgehead atoms. The monoisotopic (exact) mass is 457 g/mol. The Kier molecular flexibility index (Phi) is 7.72. The first kappa shape index (κ1) is 23.1. The first-order valence-corrected chi connectivity index (χ1v) is 10.4. The highest BCUT2D eigenvalue weighted by atomic mass is 32.2. The van der Waals surface area contributed by atoms with Crippen molar-refractivity contribution in [3.8, 4) is 28.7 Å². The van der Waals surface area contributed by atoms with Gasteiger partial charge in [0.25, 0.3) is 0 Å². The van der Waals surface area contributed by atoms with Gasteiger partial charge < -0.3 is 28.8 Å². The zero-order valence-electron chi connectivity index (χ0n) is 18.1. The van der Waals surface area contributed by atoms with E-state index in [9.17, 15) is 5.11 Å². The molecule has 168 valence electrons. The van der Waals surface area contributed by atoms with E-state index in [1.54, 1.807) is 75.9 Å². The zero-order chi connectivity index (χ0) is 23.1. The molecule has 0 radical (unpaired) electrons. The second-order valence-electron chi connectivity index (χ2n) is 6.54. The smallest absolute Gasteiger partial charge is 0.203 e. The highest BCUT2D eigenvalue weighted by molar-refractivity contribution is 8.00. The molecule has 0 amide bonds. The highest BCUT2D eigenvalue weighted by Gasteiger charge is 2.15. The summed E-state index contributed by atoms with van der Waals surface area (Å²) in [7, 11) is 6.05. The number of hydrogen-bond donors (Lipinski definition) is 2. The summed E-state index contributed by atoms with van der Waals surface area (Å²) in [5.74, 6) is 1.32. The molecule has 0 saturated carbocycles. The van der Waals surface area contributed by atoms with E-state index in [2.05, 4.69) is 4.72 Å². The van der Waals surface area contributed by atoms with Gasteiger partial charge in [-0.05, 0) is 66.0 Å². The van der Waals surface area contributed by atoms with Crippen molar-refractivity contribution in [1.29, 1.82) is 0 Å². The number of hydrogen-bond acceptors (Lipinski definition) is 7. The summed E-state index contributed by atoms with van der Waals surface area (Å²) in [5, 5.41) is 9.44. The second kappa shape index (κ2) is 10.7. The predicted molar refractivity (Wildman–Crippen MR) is 126 cm³/mol. The standard InChI is InChI=1S/C24H24FNO5S/c1-28-19-12-7-16(23(22(19)25)26-32-18-10-8-17(27)9-11-18)6-5-15-13-20(29-2)24(31-4)21(14-15)30-3/h5-14,26-27H,1-4H3/b6-5-. The molecule has 3 aromatic carbocycles. The molecule has 3 rings (SSSR count). The van der Waals surface area contributed by atoms with Gasteiger partial charge in [0.05, 0.1) is 34.1 Å². The van der Waals surface area contributed by atoms with E-state index in [1.807, 2.05) is 6.08 Å². The number of benzene rings is 3. The lowest BCUT2D eigenvalue weighted by Gasteiger charge is -2.14. The number of rotatable bonds is 9. The molecule has 0 aliphatic heterocycles. The first-order chi connectivity index (χ1) is 15.5. The maximum atomic E-state index is 15.0. The van der Waals surface area contributed by atoms with Crippen LogP contribution < -0.4 is 23.7 Å². The van der Waals surface area contributed by atoms with Crippen molar-refractivity contribution in [3.63, 3.8) is 0 Å². The van der Waals surface area contributed by atoms with E-state index in [0.717, 1.165) is 10.5 Å². The Hall–Kier alpha value is -3.52. The third-order valence-corrected chi connectivity index (χ3v) is 5.42. The van der Waals surface area contributed by atoms with E-state index in [-0.39, 0.29) is 17.2 Å². The fourth-order valence-electron chi connectivity index (χ4n) is 2.98. The Morgan fingerprint density at radius 2 is 1.44 bits per heavy atom. The maximum Gasteiger partial charge on any atom is 0.203 e. The fourth-order valence-corrected chi connectivity index (χ4v) is 3.68. The molecule has 0 spiro atoms. The van der Waals surface area contributed by atoms with Gasteiger partial charge in [0.1, 0.15) is 5.75 Å². The zero-order valence-corrected chi connectivity index (χ0v) is 19.0. The molecular weight excluding hydrogens is 433 g/mol. The van der Waals surface area contributed by atoms with Crippen LogP contribution in [0.3, 0.4) is 0 Å². The Bertz CT molecular complexity index is 1080. The van der Waals surface area contributed by atoms with Crippen LogP contribution in [0.2, 0.25) is 0 Å². The number of ether oxygens (including phenoxy) is 4. The van der Waals surface area contributed by atoms with Gasteiger partial charge in [-0.25, -0.2) is 4.39 Å². The second-order valence-corrected chi connectivity index (χ2v) is 7.42. The van der Waals surface area contributed by atoms with Gasteiger partial charge in [-0.15, -0.1) is 0 Å². The molecule has 0 saturated heterocycles. The van der Waals surface area contributed by atoms with E-state index < -0.39 is 5.82 Å². The molecule has 0 aromatic heterocycles. The minimum absolute atomic E-state index is 0.128. The molecule has 32 heavy (non-hydrogen) atoms. The largest absolute Gasteiger partial charge is 0.508 e. The molecule has 6 nitrogen and oxygen atoms in total. The average Bonchev–Trinajstić information content (AvgIpc) is 2.82. The Morgan fingerprint density at radius 3 is 2.00 bits per heavy atom. The maximum absolute atomic E-state index is 15.0. The van der Waals surface area contributed by atoms with E-state index in [4.69, 9.17) is 18.9 Å². The summed E-state index contributed by atoms with van der Waals surface area (Å²) in [4.78, 5) is 0.810. The minimum Gasteiger partial charge on any atom is -0.508 e. The van der Waals surface area contributed by atoms with E-state index >= 15 is 4.39 Å². The lowest BCUT2D eigenvalue weighted by Crippen LogP contribution is -1.98. The molecular formula is C24H24FNO5S. The molecule has 0 atom stereocenters. The van der Waals surface area contributed by atoms with Crippen LogP contribution in [0.1, 0.15) is 11.1 Å². The van der Waals surface area contributed by atoms with Crippen LogP contribution in [0.15, 0.2) is 53.4 Å². The number of halogens is 1. The number of phenols is 1. The molecule has 0 aliphatic carbocycles. The van der Waals surface area contributed by atoms with Crippen LogP contribution in [0.25, 0.3) is 12.2 Å². The van der Waals surface area contributed by atoms with Gasteiger partial charge in [0.15, 0.2) is 23.1 Å². The third-order valence-electron chi connectivity index (χ3n) is 4.61. The number of nitrogens with one attached hydrogen (secondary N) is 1. The van der Waals surface area contributed by atoms with E-state index in [0.29, 0.717) is 22.8 Å². The van der Waals surface area contributed by atoms with Gasteiger partial charge in [-0.3, -0.25) is 0 Å². The predicted octanol–water partition coefficient (Wildman–Crippen LogP) is 5.86. The van der Waals surface area contributed by atoms with Crippen molar-refractivity contribution in [1.82, 2.24) is 0 Å².